The number of aromatic nitrogens is 2. The molecule has 0 N–H and O–H groups in total. The first kappa shape index (κ1) is 15.0. The van der Waals surface area contributed by atoms with E-state index >= 15 is 0 Å². The first-order valence-electron chi connectivity index (χ1n) is 6.69. The standard InChI is InChI=1S/C16H18N2O3/c1-16(2,3)21-15(20)10-18-9-8-14(17-18)13-7-5-4-6-12(13)11-19/h4-9,11H,10H2,1-3H3. The predicted octanol–water partition coefficient (Wildman–Crippen LogP) is 2.70. The Kier molecular flexibility index (Phi) is 4.21. The molecule has 0 amide bonds. The van der Waals surface area contributed by atoms with Crippen molar-refractivity contribution in [3.05, 3.63) is 42.1 Å². The van der Waals surface area contributed by atoms with Crippen molar-refractivity contribution >= 4 is 12.3 Å². The maximum Gasteiger partial charge on any atom is 0.328 e. The number of hydrogen-bond donors (Lipinski definition) is 0. The van der Waals surface area contributed by atoms with Crippen LogP contribution in [0.25, 0.3) is 11.3 Å². The quantitative estimate of drug-likeness (QED) is 0.640. The summed E-state index contributed by atoms with van der Waals surface area (Å²) in [7, 11) is 0. The number of nitrogens with zero attached hydrogens (tertiary/aromatic N) is 2. The van der Waals surface area contributed by atoms with Crippen LogP contribution in [0, 0.1) is 0 Å². The third-order valence-corrected chi connectivity index (χ3v) is 2.72. The Morgan fingerprint density at radius 3 is 2.67 bits per heavy atom. The van der Waals surface area contributed by atoms with Crippen LogP contribution in [0.3, 0.4) is 0 Å². The van der Waals surface area contributed by atoms with E-state index in [1.54, 1.807) is 24.4 Å². The van der Waals surface area contributed by atoms with Crippen LogP contribution in [0.1, 0.15) is 31.1 Å². The van der Waals surface area contributed by atoms with Crippen molar-refractivity contribution in [1.82, 2.24) is 9.78 Å². The summed E-state index contributed by atoms with van der Waals surface area (Å²) < 4.78 is 6.75. The van der Waals surface area contributed by atoms with Gasteiger partial charge in [-0.3, -0.25) is 14.3 Å². The Hall–Kier alpha value is -2.43. The molecular formula is C16H18N2O3. The molecule has 0 aliphatic rings. The third kappa shape index (κ3) is 4.02. The second-order valence-corrected chi connectivity index (χ2v) is 5.69. The summed E-state index contributed by atoms with van der Waals surface area (Å²) in [6.45, 7) is 5.50. The van der Waals surface area contributed by atoms with E-state index < -0.39 is 5.60 Å². The first-order chi connectivity index (χ1) is 9.89. The number of ether oxygens (including phenoxy) is 1. The molecule has 0 saturated carbocycles. The lowest BCUT2D eigenvalue weighted by Gasteiger charge is -2.19. The van der Waals surface area contributed by atoms with Gasteiger partial charge in [0.25, 0.3) is 0 Å². The van der Waals surface area contributed by atoms with Crippen LogP contribution in [-0.2, 0) is 16.1 Å². The molecule has 2 rings (SSSR count). The molecule has 1 aromatic heterocycles. The van der Waals surface area contributed by atoms with Gasteiger partial charge in [-0.1, -0.05) is 24.3 Å². The zero-order valence-electron chi connectivity index (χ0n) is 12.4. The number of carbonyl (C=O) groups excluding carboxylic acids is 2. The summed E-state index contributed by atoms with van der Waals surface area (Å²) in [4.78, 5) is 22.8. The molecule has 0 atom stereocenters. The fraction of sp³-hybridized carbons (Fsp3) is 0.312. The minimum absolute atomic E-state index is 0.0422. The number of hydrogen-bond acceptors (Lipinski definition) is 4. The van der Waals surface area contributed by atoms with E-state index in [0.29, 0.717) is 11.3 Å². The summed E-state index contributed by atoms with van der Waals surface area (Å²) >= 11 is 0. The average molecular weight is 286 g/mol. The molecule has 0 saturated heterocycles. The Morgan fingerprint density at radius 1 is 1.29 bits per heavy atom. The van der Waals surface area contributed by atoms with E-state index in [1.807, 2.05) is 32.9 Å². The molecule has 0 fully saturated rings. The van der Waals surface area contributed by atoms with E-state index in [0.717, 1.165) is 11.8 Å². The van der Waals surface area contributed by atoms with Crippen molar-refractivity contribution in [3.63, 3.8) is 0 Å². The molecule has 2 aromatic rings. The van der Waals surface area contributed by atoms with Gasteiger partial charge in [-0.2, -0.15) is 5.10 Å². The first-order valence-corrected chi connectivity index (χ1v) is 6.69. The van der Waals surface area contributed by atoms with E-state index in [4.69, 9.17) is 4.74 Å². The Bertz CT molecular complexity index is 654. The second kappa shape index (κ2) is 5.91. The van der Waals surface area contributed by atoms with Gasteiger partial charge in [0.1, 0.15) is 12.1 Å². The largest absolute Gasteiger partial charge is 0.459 e. The minimum atomic E-state index is -0.517. The Labute approximate surface area is 123 Å². The molecule has 0 aliphatic carbocycles. The van der Waals surface area contributed by atoms with Gasteiger partial charge in [-0.05, 0) is 26.8 Å². The molecule has 21 heavy (non-hydrogen) atoms. The van der Waals surface area contributed by atoms with Crippen LogP contribution in [0.4, 0.5) is 0 Å². The van der Waals surface area contributed by atoms with Gasteiger partial charge < -0.3 is 4.74 Å². The highest BCUT2D eigenvalue weighted by Gasteiger charge is 2.17. The normalized spacial score (nSPS) is 11.2. The van der Waals surface area contributed by atoms with Crippen molar-refractivity contribution in [2.75, 3.05) is 0 Å². The van der Waals surface area contributed by atoms with E-state index in [1.165, 1.54) is 4.68 Å². The lowest BCUT2D eigenvalue weighted by molar-refractivity contribution is -0.155. The van der Waals surface area contributed by atoms with Crippen molar-refractivity contribution in [3.8, 4) is 11.3 Å². The Morgan fingerprint density at radius 2 is 2.00 bits per heavy atom. The highest BCUT2D eigenvalue weighted by atomic mass is 16.6. The van der Waals surface area contributed by atoms with Crippen LogP contribution >= 0.6 is 0 Å². The molecule has 0 spiro atoms. The summed E-state index contributed by atoms with van der Waals surface area (Å²) in [6, 6.07) is 8.96. The monoisotopic (exact) mass is 286 g/mol. The zero-order chi connectivity index (χ0) is 15.5. The smallest absolute Gasteiger partial charge is 0.328 e. The molecular weight excluding hydrogens is 268 g/mol. The highest BCUT2D eigenvalue weighted by molar-refractivity contribution is 5.86. The van der Waals surface area contributed by atoms with Crippen molar-refractivity contribution < 1.29 is 14.3 Å². The molecule has 1 aromatic carbocycles. The number of rotatable bonds is 4. The summed E-state index contributed by atoms with van der Waals surface area (Å²) in [5.74, 6) is -0.346. The van der Waals surface area contributed by atoms with Crippen molar-refractivity contribution in [2.45, 2.75) is 32.9 Å². The van der Waals surface area contributed by atoms with Gasteiger partial charge >= 0.3 is 5.97 Å². The van der Waals surface area contributed by atoms with E-state index in [9.17, 15) is 9.59 Å². The molecule has 5 nitrogen and oxygen atoms in total. The lowest BCUT2D eigenvalue weighted by atomic mass is 10.1. The summed E-state index contributed by atoms with van der Waals surface area (Å²) in [5, 5.41) is 4.32. The van der Waals surface area contributed by atoms with Crippen LogP contribution < -0.4 is 0 Å². The fourth-order valence-electron chi connectivity index (χ4n) is 1.93. The van der Waals surface area contributed by atoms with Crippen LogP contribution in [0.2, 0.25) is 0 Å². The molecule has 0 bridgehead atoms. The third-order valence-electron chi connectivity index (χ3n) is 2.72. The van der Waals surface area contributed by atoms with Gasteiger partial charge in [0.15, 0.2) is 6.29 Å². The number of esters is 1. The molecule has 0 radical (unpaired) electrons. The zero-order valence-corrected chi connectivity index (χ0v) is 12.4. The number of benzene rings is 1. The molecule has 0 unspecified atom stereocenters. The van der Waals surface area contributed by atoms with Gasteiger partial charge in [0.2, 0.25) is 0 Å². The van der Waals surface area contributed by atoms with Gasteiger partial charge in [-0.25, -0.2) is 0 Å². The predicted molar refractivity (Wildman–Crippen MR) is 78.9 cm³/mol. The second-order valence-electron chi connectivity index (χ2n) is 5.69. The lowest BCUT2D eigenvalue weighted by Crippen LogP contribution is -2.26. The van der Waals surface area contributed by atoms with E-state index in [2.05, 4.69) is 5.10 Å². The maximum atomic E-state index is 11.8. The van der Waals surface area contributed by atoms with Gasteiger partial charge in [0.05, 0.1) is 5.69 Å². The molecule has 0 aliphatic heterocycles. The summed E-state index contributed by atoms with van der Waals surface area (Å²) in [5.41, 5.74) is 1.45. The van der Waals surface area contributed by atoms with Gasteiger partial charge in [-0.15, -0.1) is 0 Å². The molecule has 110 valence electrons. The topological polar surface area (TPSA) is 61.2 Å². The average Bonchev–Trinajstić information content (AvgIpc) is 2.84. The Balaban J connectivity index is 2.15. The minimum Gasteiger partial charge on any atom is -0.459 e. The van der Waals surface area contributed by atoms with Crippen LogP contribution in [0.5, 0.6) is 0 Å². The van der Waals surface area contributed by atoms with E-state index in [-0.39, 0.29) is 12.5 Å². The molecule has 5 heteroatoms. The maximum absolute atomic E-state index is 11.8. The fourth-order valence-corrected chi connectivity index (χ4v) is 1.93. The SMILES string of the molecule is CC(C)(C)OC(=O)Cn1ccc(-c2ccccc2C=O)n1. The van der Waals surface area contributed by atoms with Crippen LogP contribution in [0.15, 0.2) is 36.5 Å². The van der Waals surface area contributed by atoms with Gasteiger partial charge in [0, 0.05) is 17.3 Å². The van der Waals surface area contributed by atoms with Crippen molar-refractivity contribution in [2.24, 2.45) is 0 Å². The molecule has 1 heterocycles. The van der Waals surface area contributed by atoms with Crippen LogP contribution in [-0.4, -0.2) is 27.6 Å². The number of aldehydes is 1. The van der Waals surface area contributed by atoms with Crippen molar-refractivity contribution in [1.29, 1.82) is 0 Å². The number of carbonyl (C=O) groups is 2. The summed E-state index contributed by atoms with van der Waals surface area (Å²) in [6.07, 6.45) is 2.49. The highest BCUT2D eigenvalue weighted by Crippen LogP contribution is 2.20.